The molecular weight excluding hydrogens is 174 g/mol. The van der Waals surface area contributed by atoms with Crippen LogP contribution in [-0.2, 0) is 0 Å². The first-order chi connectivity index (χ1) is 6.79. The number of nitrogens with zero attached hydrogens (tertiary/aromatic N) is 1. The maximum atomic E-state index is 9.71. The van der Waals surface area contributed by atoms with Gasteiger partial charge in [0, 0.05) is 12.2 Å². The van der Waals surface area contributed by atoms with Crippen LogP contribution in [0.3, 0.4) is 0 Å². The Bertz CT molecular complexity index is 286. The fourth-order valence-electron chi connectivity index (χ4n) is 1.95. The molecule has 2 atom stereocenters. The molecular formula is C12H16NO. The fourth-order valence-corrected chi connectivity index (χ4v) is 1.95. The average Bonchev–Trinajstić information content (AvgIpc) is 2.23. The SMILES string of the molecule is CC1C(O)[CH]CCN1c1ccccc1. The van der Waals surface area contributed by atoms with E-state index in [4.69, 9.17) is 0 Å². The molecule has 1 aromatic carbocycles. The maximum absolute atomic E-state index is 9.71. The van der Waals surface area contributed by atoms with Gasteiger partial charge in [-0.1, -0.05) is 18.2 Å². The van der Waals surface area contributed by atoms with Crippen molar-refractivity contribution >= 4 is 5.69 Å². The van der Waals surface area contributed by atoms with Gasteiger partial charge in [-0.05, 0) is 31.9 Å². The van der Waals surface area contributed by atoms with E-state index in [2.05, 4.69) is 24.0 Å². The topological polar surface area (TPSA) is 23.5 Å². The lowest BCUT2D eigenvalue weighted by atomic mass is 9.99. The van der Waals surface area contributed by atoms with Crippen LogP contribution < -0.4 is 4.90 Å². The zero-order valence-corrected chi connectivity index (χ0v) is 8.43. The molecule has 2 rings (SSSR count). The second kappa shape index (κ2) is 4.01. The van der Waals surface area contributed by atoms with Crippen LogP contribution >= 0.6 is 0 Å². The molecule has 1 N–H and O–H groups in total. The van der Waals surface area contributed by atoms with Crippen LogP contribution in [0.1, 0.15) is 13.3 Å². The number of benzene rings is 1. The van der Waals surface area contributed by atoms with Crippen molar-refractivity contribution in [2.75, 3.05) is 11.4 Å². The Kier molecular flexibility index (Phi) is 2.73. The van der Waals surface area contributed by atoms with Crippen molar-refractivity contribution in [2.45, 2.75) is 25.5 Å². The number of aliphatic hydroxyl groups is 1. The summed E-state index contributed by atoms with van der Waals surface area (Å²) < 4.78 is 0. The van der Waals surface area contributed by atoms with Crippen LogP contribution in [0.25, 0.3) is 0 Å². The molecule has 0 amide bonds. The van der Waals surface area contributed by atoms with Crippen molar-refractivity contribution in [1.82, 2.24) is 0 Å². The van der Waals surface area contributed by atoms with Crippen LogP contribution in [0.15, 0.2) is 30.3 Å². The van der Waals surface area contributed by atoms with E-state index in [1.165, 1.54) is 5.69 Å². The summed E-state index contributed by atoms with van der Waals surface area (Å²) in [5.74, 6) is 0. The van der Waals surface area contributed by atoms with E-state index in [-0.39, 0.29) is 12.1 Å². The maximum Gasteiger partial charge on any atom is 0.0772 e. The van der Waals surface area contributed by atoms with Gasteiger partial charge in [0.25, 0.3) is 0 Å². The standard InChI is InChI=1S/C12H16NO/c1-10-12(14)8-5-9-13(10)11-6-3-2-4-7-11/h2-4,6-8,10,12,14H,5,9H2,1H3. The minimum absolute atomic E-state index is 0.186. The number of aliphatic hydroxyl groups excluding tert-OH is 1. The van der Waals surface area contributed by atoms with Crippen LogP contribution in [0.4, 0.5) is 5.69 Å². The van der Waals surface area contributed by atoms with Gasteiger partial charge < -0.3 is 10.0 Å². The number of hydrogen-bond donors (Lipinski definition) is 1. The molecule has 1 saturated heterocycles. The van der Waals surface area contributed by atoms with Gasteiger partial charge in [-0.2, -0.15) is 0 Å². The van der Waals surface area contributed by atoms with Crippen LogP contribution in [-0.4, -0.2) is 23.8 Å². The molecule has 2 heteroatoms. The molecule has 0 aliphatic carbocycles. The normalized spacial score (nSPS) is 27.7. The predicted octanol–water partition coefficient (Wildman–Crippen LogP) is 1.85. The molecule has 0 saturated carbocycles. The molecule has 1 heterocycles. The average molecular weight is 190 g/mol. The summed E-state index contributed by atoms with van der Waals surface area (Å²) in [6.07, 6.45) is 2.65. The number of piperidine rings is 1. The Labute approximate surface area is 85.2 Å². The summed E-state index contributed by atoms with van der Waals surface area (Å²) in [5.41, 5.74) is 1.20. The Hall–Kier alpha value is -1.02. The highest BCUT2D eigenvalue weighted by Gasteiger charge is 2.26. The summed E-state index contributed by atoms with van der Waals surface area (Å²) in [4.78, 5) is 2.25. The van der Waals surface area contributed by atoms with Gasteiger partial charge in [-0.25, -0.2) is 0 Å². The second-order valence-electron chi connectivity index (χ2n) is 3.78. The highest BCUT2D eigenvalue weighted by Crippen LogP contribution is 2.23. The van der Waals surface area contributed by atoms with E-state index in [1.807, 2.05) is 24.6 Å². The van der Waals surface area contributed by atoms with Crippen molar-refractivity contribution in [1.29, 1.82) is 0 Å². The number of hydrogen-bond acceptors (Lipinski definition) is 2. The minimum atomic E-state index is -0.302. The van der Waals surface area contributed by atoms with E-state index >= 15 is 0 Å². The van der Waals surface area contributed by atoms with Crippen molar-refractivity contribution in [3.8, 4) is 0 Å². The van der Waals surface area contributed by atoms with E-state index in [1.54, 1.807) is 0 Å². The number of anilines is 1. The van der Waals surface area contributed by atoms with Crippen LogP contribution in [0.2, 0.25) is 0 Å². The van der Waals surface area contributed by atoms with Gasteiger partial charge in [0.15, 0.2) is 0 Å². The molecule has 1 aliphatic rings. The third-order valence-electron chi connectivity index (χ3n) is 2.85. The molecule has 0 spiro atoms. The molecule has 1 aromatic rings. The molecule has 14 heavy (non-hydrogen) atoms. The number of para-hydroxylation sites is 1. The quantitative estimate of drug-likeness (QED) is 0.730. The fraction of sp³-hybridized carbons (Fsp3) is 0.417. The molecule has 1 aliphatic heterocycles. The zero-order valence-electron chi connectivity index (χ0n) is 8.43. The van der Waals surface area contributed by atoms with Gasteiger partial charge >= 0.3 is 0 Å². The van der Waals surface area contributed by atoms with Crippen molar-refractivity contribution < 1.29 is 5.11 Å². The van der Waals surface area contributed by atoms with Crippen molar-refractivity contribution in [3.05, 3.63) is 36.8 Å². The van der Waals surface area contributed by atoms with Gasteiger partial charge in [-0.15, -0.1) is 0 Å². The summed E-state index contributed by atoms with van der Waals surface area (Å²) in [7, 11) is 0. The van der Waals surface area contributed by atoms with E-state index in [0.29, 0.717) is 0 Å². The van der Waals surface area contributed by atoms with E-state index in [0.717, 1.165) is 13.0 Å². The highest BCUT2D eigenvalue weighted by molar-refractivity contribution is 5.48. The summed E-state index contributed by atoms with van der Waals surface area (Å²) in [5, 5.41) is 9.71. The first-order valence-corrected chi connectivity index (χ1v) is 5.12. The minimum Gasteiger partial charge on any atom is -0.391 e. The zero-order chi connectivity index (χ0) is 9.97. The summed E-state index contributed by atoms with van der Waals surface area (Å²) in [6, 6.07) is 10.5. The van der Waals surface area contributed by atoms with Gasteiger partial charge in [0.1, 0.15) is 0 Å². The Morgan fingerprint density at radius 3 is 2.71 bits per heavy atom. The molecule has 75 valence electrons. The predicted molar refractivity (Wildman–Crippen MR) is 58.2 cm³/mol. The third-order valence-corrected chi connectivity index (χ3v) is 2.85. The lowest BCUT2D eigenvalue weighted by Gasteiger charge is -2.38. The van der Waals surface area contributed by atoms with Crippen molar-refractivity contribution in [3.63, 3.8) is 0 Å². The monoisotopic (exact) mass is 190 g/mol. The molecule has 0 bridgehead atoms. The number of rotatable bonds is 1. The lowest BCUT2D eigenvalue weighted by Crippen LogP contribution is -2.46. The Balaban J connectivity index is 2.17. The van der Waals surface area contributed by atoms with Gasteiger partial charge in [-0.3, -0.25) is 0 Å². The van der Waals surface area contributed by atoms with Crippen molar-refractivity contribution in [2.24, 2.45) is 0 Å². The van der Waals surface area contributed by atoms with E-state index in [9.17, 15) is 5.11 Å². The molecule has 2 unspecified atom stereocenters. The summed E-state index contributed by atoms with van der Waals surface area (Å²) in [6.45, 7) is 3.07. The lowest BCUT2D eigenvalue weighted by molar-refractivity contribution is 0.161. The molecule has 2 nitrogen and oxygen atoms in total. The molecule has 0 aromatic heterocycles. The van der Waals surface area contributed by atoms with Gasteiger partial charge in [0.2, 0.25) is 0 Å². The Morgan fingerprint density at radius 1 is 1.29 bits per heavy atom. The largest absolute Gasteiger partial charge is 0.391 e. The van der Waals surface area contributed by atoms with E-state index < -0.39 is 0 Å². The smallest absolute Gasteiger partial charge is 0.0772 e. The Morgan fingerprint density at radius 2 is 2.00 bits per heavy atom. The second-order valence-corrected chi connectivity index (χ2v) is 3.78. The third kappa shape index (κ3) is 1.75. The van der Waals surface area contributed by atoms with Crippen LogP contribution in [0.5, 0.6) is 0 Å². The van der Waals surface area contributed by atoms with Crippen LogP contribution in [0, 0.1) is 6.42 Å². The molecule has 1 fully saturated rings. The first-order valence-electron chi connectivity index (χ1n) is 5.12. The first kappa shape index (κ1) is 9.53. The molecule has 1 radical (unpaired) electrons. The van der Waals surface area contributed by atoms with Gasteiger partial charge in [0.05, 0.1) is 12.1 Å². The highest BCUT2D eigenvalue weighted by atomic mass is 16.3. The summed E-state index contributed by atoms with van der Waals surface area (Å²) >= 11 is 0.